The lowest BCUT2D eigenvalue weighted by atomic mass is 10.1. The van der Waals surface area contributed by atoms with Gasteiger partial charge in [0.25, 0.3) is 17.7 Å². The number of carbonyl (C=O) groups excluding carboxylic acids is 4. The second kappa shape index (κ2) is 9.30. The summed E-state index contributed by atoms with van der Waals surface area (Å²) in [4.78, 5) is 53.8. The van der Waals surface area contributed by atoms with Crippen molar-refractivity contribution < 1.29 is 19.2 Å². The Morgan fingerprint density at radius 1 is 0.917 bits per heavy atom. The van der Waals surface area contributed by atoms with E-state index < -0.39 is 5.91 Å². The lowest BCUT2D eigenvalue weighted by Gasteiger charge is -2.28. The molecular weight excluding hydrogens is 456 g/mol. The summed E-state index contributed by atoms with van der Waals surface area (Å²) in [6.45, 7) is 5.76. The summed E-state index contributed by atoms with van der Waals surface area (Å²) in [5.74, 6) is -1.15. The predicted molar refractivity (Wildman–Crippen MR) is 136 cm³/mol. The van der Waals surface area contributed by atoms with Crippen molar-refractivity contribution in [2.24, 2.45) is 0 Å². The number of hydrogen-bond donors (Lipinski definition) is 2. The number of amides is 4. The highest BCUT2D eigenvalue weighted by atomic mass is 16.2. The predicted octanol–water partition coefficient (Wildman–Crippen LogP) is 2.97. The largest absolute Gasteiger partial charge is 0.360 e. The van der Waals surface area contributed by atoms with Crippen LogP contribution in [-0.4, -0.2) is 43.3 Å². The maximum atomic E-state index is 13.2. The molecule has 0 radical (unpaired) electrons. The summed E-state index contributed by atoms with van der Waals surface area (Å²) in [6, 6.07) is 17.9. The molecule has 2 aliphatic heterocycles. The number of carbonyl (C=O) groups is 4. The molecule has 0 atom stereocenters. The van der Waals surface area contributed by atoms with Gasteiger partial charge < -0.3 is 15.5 Å². The Morgan fingerprint density at radius 3 is 2.42 bits per heavy atom. The van der Waals surface area contributed by atoms with Crippen LogP contribution < -0.4 is 20.4 Å². The molecule has 0 spiro atoms. The van der Waals surface area contributed by atoms with Crippen molar-refractivity contribution in [2.45, 2.75) is 20.4 Å². The fourth-order valence-corrected chi connectivity index (χ4v) is 4.53. The van der Waals surface area contributed by atoms with Crippen molar-refractivity contribution >= 4 is 35.0 Å². The molecule has 8 heteroatoms. The van der Waals surface area contributed by atoms with Gasteiger partial charge in [-0.1, -0.05) is 24.3 Å². The van der Waals surface area contributed by atoms with Crippen LogP contribution in [0.3, 0.4) is 0 Å². The molecule has 0 aromatic heterocycles. The Kier molecular flexibility index (Phi) is 6.01. The van der Waals surface area contributed by atoms with Gasteiger partial charge in [-0.05, 0) is 66.9 Å². The molecule has 8 nitrogen and oxygen atoms in total. The van der Waals surface area contributed by atoms with E-state index in [1.807, 2.05) is 61.2 Å². The smallest absolute Gasteiger partial charge is 0.266 e. The van der Waals surface area contributed by atoms with Crippen LogP contribution in [0, 0.1) is 13.8 Å². The van der Waals surface area contributed by atoms with E-state index in [1.165, 1.54) is 11.0 Å². The fourth-order valence-electron chi connectivity index (χ4n) is 4.53. The van der Waals surface area contributed by atoms with Crippen LogP contribution in [0.4, 0.5) is 11.4 Å². The van der Waals surface area contributed by atoms with E-state index in [0.717, 1.165) is 28.9 Å². The van der Waals surface area contributed by atoms with Crippen LogP contribution >= 0.6 is 0 Å². The van der Waals surface area contributed by atoms with Gasteiger partial charge in [-0.15, -0.1) is 0 Å². The number of rotatable bonds is 5. The van der Waals surface area contributed by atoms with Gasteiger partial charge in [0.15, 0.2) is 0 Å². The first kappa shape index (κ1) is 23.3. The summed E-state index contributed by atoms with van der Waals surface area (Å²) in [5, 5.41) is 5.68. The first-order chi connectivity index (χ1) is 17.3. The number of anilines is 2. The molecule has 0 aliphatic carbocycles. The van der Waals surface area contributed by atoms with Crippen molar-refractivity contribution in [1.29, 1.82) is 0 Å². The topological polar surface area (TPSA) is 98.8 Å². The molecule has 1 saturated heterocycles. The van der Waals surface area contributed by atoms with Crippen LogP contribution in [0.1, 0.15) is 47.8 Å². The van der Waals surface area contributed by atoms with Gasteiger partial charge in [0.1, 0.15) is 0 Å². The minimum absolute atomic E-state index is 0.00394. The lowest BCUT2D eigenvalue weighted by molar-refractivity contribution is -0.120. The van der Waals surface area contributed by atoms with Crippen LogP contribution in [0.2, 0.25) is 0 Å². The molecule has 3 aromatic carbocycles. The summed E-state index contributed by atoms with van der Waals surface area (Å²) in [6.07, 6.45) is 0. The monoisotopic (exact) mass is 482 g/mol. The third-order valence-corrected chi connectivity index (χ3v) is 6.55. The van der Waals surface area contributed by atoms with E-state index in [2.05, 4.69) is 10.6 Å². The molecule has 1 fully saturated rings. The molecular formula is C28H26N4O4. The molecule has 0 bridgehead atoms. The van der Waals surface area contributed by atoms with E-state index in [1.54, 1.807) is 12.1 Å². The zero-order valence-corrected chi connectivity index (χ0v) is 20.1. The quantitative estimate of drug-likeness (QED) is 0.545. The zero-order chi connectivity index (χ0) is 25.4. The minimum atomic E-state index is -0.430. The first-order valence-electron chi connectivity index (χ1n) is 11.8. The summed E-state index contributed by atoms with van der Waals surface area (Å²) in [5.41, 5.74) is 5.01. The second-order valence-electron chi connectivity index (χ2n) is 9.12. The van der Waals surface area contributed by atoms with Crippen LogP contribution in [0.5, 0.6) is 0 Å². The minimum Gasteiger partial charge on any atom is -0.360 e. The van der Waals surface area contributed by atoms with Crippen LogP contribution in [0.15, 0.2) is 60.7 Å². The molecule has 2 heterocycles. The SMILES string of the molecule is Cc1ccc(C)c(N2C(=O)c3ccc(C(=O)NCc4ccc(N5CCNC(=O)C5)cc4)cc3C2=O)c1. The molecule has 36 heavy (non-hydrogen) atoms. The number of fused-ring (bicyclic) bond motifs is 1. The van der Waals surface area contributed by atoms with Crippen molar-refractivity contribution in [1.82, 2.24) is 10.6 Å². The molecule has 2 aliphatic rings. The first-order valence-corrected chi connectivity index (χ1v) is 11.8. The standard InChI is InChI=1S/C28H26N4O4/c1-17-3-4-18(2)24(13-17)32-27(35)22-10-7-20(14-23(22)28(32)36)26(34)30-15-19-5-8-21(9-6-19)31-12-11-29-25(33)16-31/h3-10,13-14H,11-12,15-16H2,1-2H3,(H,29,33)(H,30,34). The highest BCUT2D eigenvalue weighted by molar-refractivity contribution is 6.35. The van der Waals surface area contributed by atoms with Gasteiger partial charge in [-0.25, -0.2) is 4.90 Å². The van der Waals surface area contributed by atoms with Gasteiger partial charge in [-0.3, -0.25) is 19.2 Å². The Hall–Kier alpha value is -4.46. The van der Waals surface area contributed by atoms with Gasteiger partial charge in [0.05, 0.1) is 23.4 Å². The number of hydrogen-bond acceptors (Lipinski definition) is 5. The van der Waals surface area contributed by atoms with E-state index >= 15 is 0 Å². The molecule has 2 N–H and O–H groups in total. The molecule has 0 unspecified atom stereocenters. The number of imide groups is 1. The normalized spacial score (nSPS) is 15.1. The van der Waals surface area contributed by atoms with Crippen molar-refractivity contribution in [3.63, 3.8) is 0 Å². The van der Waals surface area contributed by atoms with Gasteiger partial charge in [-0.2, -0.15) is 0 Å². The molecule has 4 amide bonds. The summed E-state index contributed by atoms with van der Waals surface area (Å²) >= 11 is 0. The maximum Gasteiger partial charge on any atom is 0.266 e. The maximum absolute atomic E-state index is 13.2. The van der Waals surface area contributed by atoms with E-state index in [0.29, 0.717) is 36.4 Å². The van der Waals surface area contributed by atoms with Gasteiger partial charge in [0.2, 0.25) is 5.91 Å². The molecule has 3 aromatic rings. The summed E-state index contributed by atoms with van der Waals surface area (Å²) in [7, 11) is 0. The van der Waals surface area contributed by atoms with Crippen molar-refractivity contribution in [3.05, 3.63) is 94.0 Å². The molecule has 182 valence electrons. The Bertz CT molecular complexity index is 1400. The highest BCUT2D eigenvalue weighted by Gasteiger charge is 2.37. The van der Waals surface area contributed by atoms with E-state index in [-0.39, 0.29) is 23.3 Å². The number of aryl methyl sites for hydroxylation is 2. The number of nitrogens with zero attached hydrogens (tertiary/aromatic N) is 2. The highest BCUT2D eigenvalue weighted by Crippen LogP contribution is 2.31. The number of benzene rings is 3. The Morgan fingerprint density at radius 2 is 1.67 bits per heavy atom. The zero-order valence-electron chi connectivity index (χ0n) is 20.1. The summed E-state index contributed by atoms with van der Waals surface area (Å²) < 4.78 is 0. The van der Waals surface area contributed by atoms with Crippen LogP contribution in [0.25, 0.3) is 0 Å². The Labute approximate surface area is 208 Å². The van der Waals surface area contributed by atoms with E-state index in [9.17, 15) is 19.2 Å². The third kappa shape index (κ3) is 4.33. The van der Waals surface area contributed by atoms with Gasteiger partial charge in [0, 0.05) is 30.9 Å². The van der Waals surface area contributed by atoms with E-state index in [4.69, 9.17) is 0 Å². The third-order valence-electron chi connectivity index (χ3n) is 6.55. The lowest BCUT2D eigenvalue weighted by Crippen LogP contribution is -2.47. The Balaban J connectivity index is 1.27. The average molecular weight is 483 g/mol. The fraction of sp³-hybridized carbons (Fsp3) is 0.214. The molecule has 0 saturated carbocycles. The number of piperazine rings is 1. The van der Waals surface area contributed by atoms with Crippen LogP contribution in [-0.2, 0) is 11.3 Å². The van der Waals surface area contributed by atoms with Crippen molar-refractivity contribution in [2.75, 3.05) is 29.4 Å². The molecule has 5 rings (SSSR count). The second-order valence-corrected chi connectivity index (χ2v) is 9.12. The number of nitrogens with one attached hydrogen (secondary N) is 2. The van der Waals surface area contributed by atoms with Crippen molar-refractivity contribution in [3.8, 4) is 0 Å². The van der Waals surface area contributed by atoms with Gasteiger partial charge >= 0.3 is 0 Å². The average Bonchev–Trinajstić information content (AvgIpc) is 3.13.